The Morgan fingerprint density at radius 2 is 1.75 bits per heavy atom. The van der Waals surface area contributed by atoms with Gasteiger partial charge in [-0.05, 0) is 37.3 Å². The molecule has 1 N–H and O–H groups in total. The van der Waals surface area contributed by atoms with E-state index < -0.39 is 11.7 Å². The highest BCUT2D eigenvalue weighted by molar-refractivity contribution is 6.35. The van der Waals surface area contributed by atoms with Gasteiger partial charge >= 0.3 is 6.18 Å². The number of fused-ring (bicyclic) bond motifs is 1. The Kier molecular flexibility index (Phi) is 5.48. The third-order valence-electron chi connectivity index (χ3n) is 4.74. The lowest BCUT2D eigenvalue weighted by Crippen LogP contribution is -2.07. The third-order valence-corrected chi connectivity index (χ3v) is 5.01. The van der Waals surface area contributed by atoms with Crippen LogP contribution in [0.3, 0.4) is 0 Å². The number of nitrogens with zero attached hydrogens (tertiary/aromatic N) is 2. The maximum atomic E-state index is 12.7. The molecule has 9 heteroatoms. The lowest BCUT2D eigenvalue weighted by atomic mass is 10.1. The molecule has 162 valence electrons. The number of alkyl halides is 3. The molecule has 0 aliphatic heterocycles. The second kappa shape index (κ2) is 8.12. The predicted molar refractivity (Wildman–Crippen MR) is 114 cm³/mol. The van der Waals surface area contributed by atoms with Crippen molar-refractivity contribution in [1.29, 1.82) is 0 Å². The third kappa shape index (κ3) is 4.09. The van der Waals surface area contributed by atoms with Gasteiger partial charge in [-0.3, -0.25) is 9.79 Å². The number of aliphatic hydroxyl groups excluding tert-OH is 1. The maximum absolute atomic E-state index is 12.7. The molecule has 0 amide bonds. The minimum Gasteiger partial charge on any atom is -0.506 e. The molecular formula is C23H14ClF3N2O3. The van der Waals surface area contributed by atoms with Crippen LogP contribution in [0.15, 0.2) is 71.4 Å². The predicted octanol–water partition coefficient (Wildman–Crippen LogP) is 6.80. The van der Waals surface area contributed by atoms with E-state index >= 15 is 0 Å². The molecular weight excluding hydrogens is 445 g/mol. The van der Waals surface area contributed by atoms with Crippen LogP contribution in [0, 0.1) is 0 Å². The summed E-state index contributed by atoms with van der Waals surface area (Å²) in [7, 11) is 0. The van der Waals surface area contributed by atoms with E-state index in [9.17, 15) is 23.1 Å². The summed E-state index contributed by atoms with van der Waals surface area (Å²) in [6, 6.07) is 13.7. The lowest BCUT2D eigenvalue weighted by Gasteiger charge is -2.10. The van der Waals surface area contributed by atoms with Gasteiger partial charge in [-0.25, -0.2) is 4.98 Å². The number of benzene rings is 2. The van der Waals surface area contributed by atoms with E-state index in [2.05, 4.69) is 9.98 Å². The minimum atomic E-state index is -4.56. The molecule has 1 aliphatic rings. The van der Waals surface area contributed by atoms with E-state index in [0.717, 1.165) is 6.07 Å². The molecule has 1 aromatic heterocycles. The van der Waals surface area contributed by atoms with Crippen LogP contribution in [0.4, 0.5) is 18.9 Å². The number of carbonyl (C=O) groups is 1. The summed E-state index contributed by atoms with van der Waals surface area (Å²) in [6.45, 7) is 1.62. The standard InChI is InChI=1S/C23H14ClF3N2O3/c1-12(19-20(30)16-4-2-3-5-17(16)21(19)31)29-14-6-8-15(9-7-14)32-22-18(24)10-13(11-28-22)23(25,26)27/h2-11,30H,1H3. The molecule has 0 spiro atoms. The van der Waals surface area contributed by atoms with Crippen LogP contribution in [0.25, 0.3) is 5.76 Å². The monoisotopic (exact) mass is 458 g/mol. The first kappa shape index (κ1) is 21.6. The number of aliphatic imine (C=N–C) groups is 1. The molecule has 0 saturated carbocycles. The molecule has 5 nitrogen and oxygen atoms in total. The molecule has 2 aromatic carbocycles. The minimum absolute atomic E-state index is 0.116. The molecule has 0 fully saturated rings. The zero-order chi connectivity index (χ0) is 23.0. The smallest absolute Gasteiger partial charge is 0.417 e. The summed E-state index contributed by atoms with van der Waals surface area (Å²) in [5.41, 5.74) is 0.851. The second-order valence-corrected chi connectivity index (χ2v) is 7.31. The van der Waals surface area contributed by atoms with Crippen molar-refractivity contribution in [3.63, 3.8) is 0 Å². The summed E-state index contributed by atoms with van der Waals surface area (Å²) in [5, 5.41) is 10.2. The number of hydrogen-bond acceptors (Lipinski definition) is 5. The number of pyridine rings is 1. The molecule has 0 radical (unpaired) electrons. The van der Waals surface area contributed by atoms with Crippen LogP contribution in [0.2, 0.25) is 5.02 Å². The Balaban J connectivity index is 1.53. The summed E-state index contributed by atoms with van der Waals surface area (Å²) in [4.78, 5) is 20.6. The fourth-order valence-electron chi connectivity index (χ4n) is 3.21. The number of rotatable bonds is 4. The van der Waals surface area contributed by atoms with Gasteiger partial charge in [0.2, 0.25) is 5.88 Å². The fraction of sp³-hybridized carbons (Fsp3) is 0.0870. The van der Waals surface area contributed by atoms with Crippen molar-refractivity contribution in [2.24, 2.45) is 4.99 Å². The Hall–Kier alpha value is -3.65. The quantitative estimate of drug-likeness (QED) is 0.436. The number of hydrogen-bond donors (Lipinski definition) is 1. The van der Waals surface area contributed by atoms with Crippen molar-refractivity contribution >= 4 is 34.5 Å². The molecule has 0 atom stereocenters. The number of allylic oxidation sites excluding steroid dienone is 1. The Morgan fingerprint density at radius 3 is 2.34 bits per heavy atom. The Morgan fingerprint density at radius 1 is 1.09 bits per heavy atom. The van der Waals surface area contributed by atoms with E-state index in [1.54, 1.807) is 43.3 Å². The normalized spacial score (nSPS) is 14.0. The summed E-state index contributed by atoms with van der Waals surface area (Å²) in [5.74, 6) is -0.309. The van der Waals surface area contributed by atoms with Crippen LogP contribution in [-0.4, -0.2) is 21.6 Å². The second-order valence-electron chi connectivity index (χ2n) is 6.90. The van der Waals surface area contributed by atoms with Crippen molar-refractivity contribution in [1.82, 2.24) is 4.98 Å². The Bertz CT molecular complexity index is 1280. The zero-order valence-corrected chi connectivity index (χ0v) is 17.2. The molecule has 3 aromatic rings. The molecule has 32 heavy (non-hydrogen) atoms. The molecule has 4 rings (SSSR count). The summed E-state index contributed by atoms with van der Waals surface area (Å²) < 4.78 is 43.6. The number of halogens is 4. The van der Waals surface area contributed by atoms with Crippen LogP contribution < -0.4 is 4.74 Å². The SMILES string of the molecule is CC(=Nc1ccc(Oc2ncc(C(F)(F)F)cc2Cl)cc1)C1=C(O)c2ccccc2C1=O. The van der Waals surface area contributed by atoms with Gasteiger partial charge in [0.05, 0.1) is 22.5 Å². The fourth-order valence-corrected chi connectivity index (χ4v) is 3.41. The van der Waals surface area contributed by atoms with Gasteiger partial charge in [0.1, 0.15) is 16.5 Å². The number of Topliss-reactive ketones (excluding diaryl/α,β-unsaturated/α-hetero) is 1. The maximum Gasteiger partial charge on any atom is 0.417 e. The highest BCUT2D eigenvalue weighted by Crippen LogP contribution is 2.35. The number of carbonyl (C=O) groups excluding carboxylic acids is 1. The van der Waals surface area contributed by atoms with Crippen LogP contribution in [-0.2, 0) is 6.18 Å². The van der Waals surface area contributed by atoms with Gasteiger partial charge in [-0.1, -0.05) is 35.9 Å². The largest absolute Gasteiger partial charge is 0.506 e. The number of aromatic nitrogens is 1. The Labute approximate surface area is 185 Å². The summed E-state index contributed by atoms with van der Waals surface area (Å²) in [6.07, 6.45) is -3.92. The zero-order valence-electron chi connectivity index (χ0n) is 16.4. The van der Waals surface area contributed by atoms with Gasteiger partial charge in [-0.2, -0.15) is 13.2 Å². The van der Waals surface area contributed by atoms with Crippen LogP contribution >= 0.6 is 11.6 Å². The first-order chi connectivity index (χ1) is 15.1. The van der Waals surface area contributed by atoms with Crippen LogP contribution in [0.1, 0.15) is 28.4 Å². The van der Waals surface area contributed by atoms with Crippen molar-refractivity contribution in [3.8, 4) is 11.6 Å². The van der Waals surface area contributed by atoms with E-state index in [1.165, 1.54) is 12.1 Å². The highest BCUT2D eigenvalue weighted by Gasteiger charge is 2.32. The number of ketones is 1. The van der Waals surface area contributed by atoms with Gasteiger partial charge in [0.15, 0.2) is 5.78 Å². The molecule has 0 bridgehead atoms. The van der Waals surface area contributed by atoms with Crippen molar-refractivity contribution in [2.45, 2.75) is 13.1 Å². The van der Waals surface area contributed by atoms with Gasteiger partial charge in [-0.15, -0.1) is 0 Å². The van der Waals surface area contributed by atoms with Gasteiger partial charge < -0.3 is 9.84 Å². The van der Waals surface area contributed by atoms with E-state index in [4.69, 9.17) is 16.3 Å². The molecule has 0 saturated heterocycles. The summed E-state index contributed by atoms with van der Waals surface area (Å²) >= 11 is 5.85. The van der Waals surface area contributed by atoms with E-state index in [-0.39, 0.29) is 33.8 Å². The first-order valence-electron chi connectivity index (χ1n) is 9.29. The average Bonchev–Trinajstić information content (AvgIpc) is 3.01. The van der Waals surface area contributed by atoms with E-state index in [0.29, 0.717) is 28.7 Å². The van der Waals surface area contributed by atoms with Crippen molar-refractivity contribution in [3.05, 3.63) is 88.1 Å². The molecule has 0 unspecified atom stereocenters. The average molecular weight is 459 g/mol. The van der Waals surface area contributed by atoms with Crippen molar-refractivity contribution in [2.75, 3.05) is 0 Å². The molecule has 1 aliphatic carbocycles. The first-order valence-corrected chi connectivity index (χ1v) is 9.66. The highest BCUT2D eigenvalue weighted by atomic mass is 35.5. The van der Waals surface area contributed by atoms with Gasteiger partial charge in [0, 0.05) is 17.3 Å². The van der Waals surface area contributed by atoms with Crippen LogP contribution in [0.5, 0.6) is 11.6 Å². The number of ether oxygens (including phenoxy) is 1. The topological polar surface area (TPSA) is 71.8 Å². The van der Waals surface area contributed by atoms with E-state index in [1.807, 2.05) is 0 Å². The molecule has 1 heterocycles. The van der Waals surface area contributed by atoms with Gasteiger partial charge in [0.25, 0.3) is 0 Å². The number of aliphatic hydroxyl groups is 1. The van der Waals surface area contributed by atoms with Crippen molar-refractivity contribution < 1.29 is 27.8 Å². The lowest BCUT2D eigenvalue weighted by molar-refractivity contribution is -0.137.